The number of likely N-dealkylation sites (N-methyl/N-ethyl adjacent to an activating group) is 1. The molecule has 2 saturated heterocycles. The Kier molecular flexibility index (Phi) is 5.74. The van der Waals surface area contributed by atoms with E-state index in [1.54, 1.807) is 0 Å². The fourth-order valence-corrected chi connectivity index (χ4v) is 3.65. The van der Waals surface area contributed by atoms with Gasteiger partial charge < -0.3 is 20.0 Å². The Bertz CT molecular complexity index is 537. The highest BCUT2D eigenvalue weighted by molar-refractivity contribution is 5.91. The molecule has 2 fully saturated rings. The van der Waals surface area contributed by atoms with Crippen LogP contribution in [-0.2, 0) is 4.79 Å². The van der Waals surface area contributed by atoms with Crippen LogP contribution in [0.25, 0.3) is 0 Å². The molecular formula is C19H30N4O. The van der Waals surface area contributed by atoms with Crippen molar-refractivity contribution in [2.24, 2.45) is 0 Å². The maximum atomic E-state index is 12.3. The van der Waals surface area contributed by atoms with Gasteiger partial charge in [0.05, 0.1) is 0 Å². The first kappa shape index (κ1) is 17.2. The second kappa shape index (κ2) is 7.99. The SMILES string of the molecule is CN1CCN(c2ccc(NC(=O)CC3CCCCN3C)cc2)CC1. The monoisotopic (exact) mass is 330 g/mol. The molecule has 5 nitrogen and oxygen atoms in total. The number of piperidine rings is 1. The van der Waals surface area contributed by atoms with Gasteiger partial charge in [-0.3, -0.25) is 4.79 Å². The van der Waals surface area contributed by atoms with Crippen LogP contribution in [0.15, 0.2) is 24.3 Å². The van der Waals surface area contributed by atoms with Gasteiger partial charge in [0.15, 0.2) is 0 Å². The van der Waals surface area contributed by atoms with Crippen LogP contribution in [0.3, 0.4) is 0 Å². The van der Waals surface area contributed by atoms with Gasteiger partial charge in [0, 0.05) is 50.0 Å². The van der Waals surface area contributed by atoms with Crippen molar-refractivity contribution in [2.75, 3.05) is 57.0 Å². The van der Waals surface area contributed by atoms with Crippen LogP contribution in [0.2, 0.25) is 0 Å². The van der Waals surface area contributed by atoms with Gasteiger partial charge in [0.25, 0.3) is 0 Å². The number of carbonyl (C=O) groups is 1. The molecule has 24 heavy (non-hydrogen) atoms. The van der Waals surface area contributed by atoms with Crippen LogP contribution in [0, 0.1) is 0 Å². The number of rotatable bonds is 4. The van der Waals surface area contributed by atoms with Crippen LogP contribution in [0.4, 0.5) is 11.4 Å². The molecule has 0 aromatic heterocycles. The van der Waals surface area contributed by atoms with Gasteiger partial charge in [-0.2, -0.15) is 0 Å². The van der Waals surface area contributed by atoms with Crippen molar-refractivity contribution in [3.05, 3.63) is 24.3 Å². The number of carbonyl (C=O) groups excluding carboxylic acids is 1. The molecule has 3 rings (SSSR count). The summed E-state index contributed by atoms with van der Waals surface area (Å²) in [4.78, 5) is 19.4. The van der Waals surface area contributed by atoms with Gasteiger partial charge in [-0.1, -0.05) is 6.42 Å². The first-order valence-electron chi connectivity index (χ1n) is 9.15. The lowest BCUT2D eigenvalue weighted by molar-refractivity contribution is -0.117. The largest absolute Gasteiger partial charge is 0.369 e. The topological polar surface area (TPSA) is 38.8 Å². The van der Waals surface area contributed by atoms with Crippen molar-refractivity contribution >= 4 is 17.3 Å². The summed E-state index contributed by atoms with van der Waals surface area (Å²) in [7, 11) is 4.29. The van der Waals surface area contributed by atoms with Crippen molar-refractivity contribution in [3.8, 4) is 0 Å². The third kappa shape index (κ3) is 4.48. The minimum Gasteiger partial charge on any atom is -0.369 e. The standard InChI is InChI=1S/C19H30N4O/c1-21-11-13-23(14-12-21)17-8-6-16(7-9-17)20-19(24)15-18-5-3-4-10-22(18)2/h6-9,18H,3-5,10-15H2,1-2H3,(H,20,24). The van der Waals surface area contributed by atoms with Crippen LogP contribution in [-0.4, -0.2) is 68.6 Å². The summed E-state index contributed by atoms with van der Waals surface area (Å²) in [6.07, 6.45) is 4.22. The minimum absolute atomic E-state index is 0.126. The smallest absolute Gasteiger partial charge is 0.225 e. The van der Waals surface area contributed by atoms with Crippen LogP contribution < -0.4 is 10.2 Å². The van der Waals surface area contributed by atoms with E-state index in [9.17, 15) is 4.79 Å². The highest BCUT2D eigenvalue weighted by Crippen LogP contribution is 2.21. The summed E-state index contributed by atoms with van der Waals surface area (Å²) in [5, 5.41) is 3.05. The van der Waals surface area contributed by atoms with E-state index in [1.807, 2.05) is 12.1 Å². The number of amides is 1. The van der Waals surface area contributed by atoms with Gasteiger partial charge in [-0.05, 0) is 57.7 Å². The van der Waals surface area contributed by atoms with Crippen LogP contribution in [0.5, 0.6) is 0 Å². The molecule has 1 amide bonds. The number of nitrogens with one attached hydrogen (secondary N) is 1. The molecule has 0 bridgehead atoms. The third-order valence-corrected chi connectivity index (χ3v) is 5.36. The maximum Gasteiger partial charge on any atom is 0.225 e. The summed E-state index contributed by atoms with van der Waals surface area (Å²) >= 11 is 0. The van der Waals surface area contributed by atoms with Gasteiger partial charge in [0.1, 0.15) is 0 Å². The Morgan fingerprint density at radius 3 is 2.42 bits per heavy atom. The van der Waals surface area contributed by atoms with E-state index in [2.05, 4.69) is 46.2 Å². The second-order valence-electron chi connectivity index (χ2n) is 7.22. The Morgan fingerprint density at radius 2 is 1.75 bits per heavy atom. The first-order chi connectivity index (χ1) is 11.6. The highest BCUT2D eigenvalue weighted by Gasteiger charge is 2.21. The Labute approximate surface area is 145 Å². The van der Waals surface area contributed by atoms with Gasteiger partial charge >= 0.3 is 0 Å². The Hall–Kier alpha value is -1.59. The van der Waals surface area contributed by atoms with E-state index in [-0.39, 0.29) is 5.91 Å². The third-order valence-electron chi connectivity index (χ3n) is 5.36. The molecule has 1 atom stereocenters. The molecule has 1 unspecified atom stereocenters. The van der Waals surface area contributed by atoms with Crippen LogP contribution >= 0.6 is 0 Å². The molecular weight excluding hydrogens is 300 g/mol. The normalized spacial score (nSPS) is 23.2. The maximum absolute atomic E-state index is 12.3. The molecule has 1 aromatic rings. The number of anilines is 2. The van der Waals surface area contributed by atoms with E-state index >= 15 is 0 Å². The molecule has 132 valence electrons. The number of piperazine rings is 1. The van der Waals surface area contributed by atoms with Crippen molar-refractivity contribution in [3.63, 3.8) is 0 Å². The zero-order valence-electron chi connectivity index (χ0n) is 15.0. The van der Waals surface area contributed by atoms with Crippen molar-refractivity contribution in [2.45, 2.75) is 31.7 Å². The molecule has 0 spiro atoms. The average molecular weight is 330 g/mol. The Balaban J connectivity index is 1.51. The van der Waals surface area contributed by atoms with E-state index < -0.39 is 0 Å². The molecule has 0 saturated carbocycles. The summed E-state index contributed by atoms with van der Waals surface area (Å²) in [5.41, 5.74) is 2.14. The van der Waals surface area contributed by atoms with Gasteiger partial charge in [-0.15, -0.1) is 0 Å². The predicted molar refractivity (Wildman–Crippen MR) is 99.7 cm³/mol. The lowest BCUT2D eigenvalue weighted by Gasteiger charge is -2.34. The predicted octanol–water partition coefficient (Wildman–Crippen LogP) is 2.25. The van der Waals surface area contributed by atoms with Crippen molar-refractivity contribution < 1.29 is 4.79 Å². The van der Waals surface area contributed by atoms with Crippen molar-refractivity contribution in [1.29, 1.82) is 0 Å². The van der Waals surface area contributed by atoms with Gasteiger partial charge in [0.2, 0.25) is 5.91 Å². The molecule has 0 radical (unpaired) electrons. The molecule has 5 heteroatoms. The quantitative estimate of drug-likeness (QED) is 0.919. The zero-order chi connectivity index (χ0) is 16.9. The van der Waals surface area contributed by atoms with Gasteiger partial charge in [-0.25, -0.2) is 0 Å². The fourth-order valence-electron chi connectivity index (χ4n) is 3.65. The molecule has 0 aliphatic carbocycles. The van der Waals surface area contributed by atoms with Crippen molar-refractivity contribution in [1.82, 2.24) is 9.80 Å². The highest BCUT2D eigenvalue weighted by atomic mass is 16.1. The lowest BCUT2D eigenvalue weighted by atomic mass is 10.00. The zero-order valence-corrected chi connectivity index (χ0v) is 15.0. The summed E-state index contributed by atoms with van der Waals surface area (Å²) in [6.45, 7) is 5.45. The van der Waals surface area contributed by atoms with E-state index in [4.69, 9.17) is 0 Å². The van der Waals surface area contributed by atoms with Crippen LogP contribution in [0.1, 0.15) is 25.7 Å². The van der Waals surface area contributed by atoms with E-state index in [0.29, 0.717) is 12.5 Å². The van der Waals surface area contributed by atoms with E-state index in [1.165, 1.54) is 18.5 Å². The second-order valence-corrected chi connectivity index (χ2v) is 7.22. The fraction of sp³-hybridized carbons (Fsp3) is 0.632. The average Bonchev–Trinajstić information content (AvgIpc) is 2.58. The lowest BCUT2D eigenvalue weighted by Crippen LogP contribution is -2.44. The molecule has 1 N–H and O–H groups in total. The number of hydrogen-bond donors (Lipinski definition) is 1. The molecule has 2 aliphatic rings. The number of nitrogens with zero attached hydrogens (tertiary/aromatic N) is 3. The number of hydrogen-bond acceptors (Lipinski definition) is 4. The molecule has 1 aromatic carbocycles. The molecule has 2 aliphatic heterocycles. The summed E-state index contributed by atoms with van der Waals surface area (Å²) < 4.78 is 0. The number of likely N-dealkylation sites (tertiary alicyclic amines) is 1. The summed E-state index contributed by atoms with van der Waals surface area (Å²) in [6, 6.07) is 8.68. The molecule has 2 heterocycles. The summed E-state index contributed by atoms with van der Waals surface area (Å²) in [5.74, 6) is 0.126. The Morgan fingerprint density at radius 1 is 1.04 bits per heavy atom. The minimum atomic E-state index is 0.126. The first-order valence-corrected chi connectivity index (χ1v) is 9.15. The number of benzene rings is 1. The van der Waals surface area contributed by atoms with E-state index in [0.717, 1.165) is 44.8 Å².